The first-order valence-electron chi connectivity index (χ1n) is 4.53. The molecule has 2 atom stereocenters. The average Bonchev–Trinajstić information content (AvgIpc) is 2.31. The van der Waals surface area contributed by atoms with Crippen LogP contribution in [0.5, 0.6) is 0 Å². The van der Waals surface area contributed by atoms with Gasteiger partial charge in [-0.25, -0.2) is 0 Å². The van der Waals surface area contributed by atoms with Gasteiger partial charge in [-0.3, -0.25) is 0 Å². The molecule has 2 nitrogen and oxygen atoms in total. The highest BCUT2D eigenvalue weighted by Gasteiger charge is 2.50. The van der Waals surface area contributed by atoms with Crippen LogP contribution in [0.3, 0.4) is 0 Å². The summed E-state index contributed by atoms with van der Waals surface area (Å²) >= 11 is 0. The molecule has 1 aliphatic carbocycles. The van der Waals surface area contributed by atoms with E-state index in [-0.39, 0.29) is 0 Å². The molecule has 0 heterocycles. The topological polar surface area (TPSA) is 40.5 Å². The summed E-state index contributed by atoms with van der Waals surface area (Å²) in [4.78, 5) is 0. The van der Waals surface area contributed by atoms with Crippen LogP contribution in [0.2, 0.25) is 0 Å². The van der Waals surface area contributed by atoms with Gasteiger partial charge in [-0.15, -0.1) is 0 Å². The predicted molar refractivity (Wildman–Crippen MR) is 44.3 cm³/mol. The Morgan fingerprint density at radius 2 is 1.36 bits per heavy atom. The highest BCUT2D eigenvalue weighted by Crippen LogP contribution is 2.43. The van der Waals surface area contributed by atoms with Crippen molar-refractivity contribution in [3.8, 4) is 0 Å². The third-order valence-electron chi connectivity index (χ3n) is 3.22. The Morgan fingerprint density at radius 1 is 1.00 bits per heavy atom. The minimum atomic E-state index is -0.804. The lowest BCUT2D eigenvalue weighted by Crippen LogP contribution is -2.48. The van der Waals surface area contributed by atoms with E-state index < -0.39 is 11.2 Å². The predicted octanol–water partition coefficient (Wildman–Crippen LogP) is 1.45. The van der Waals surface area contributed by atoms with Gasteiger partial charge in [0.2, 0.25) is 0 Å². The Hall–Kier alpha value is -0.0800. The van der Waals surface area contributed by atoms with Crippen LogP contribution in [0.25, 0.3) is 0 Å². The Bertz CT molecular complexity index is 130. The van der Waals surface area contributed by atoms with Crippen molar-refractivity contribution < 1.29 is 10.2 Å². The van der Waals surface area contributed by atoms with Crippen LogP contribution in [0.15, 0.2) is 0 Å². The fourth-order valence-electron chi connectivity index (χ4n) is 2.15. The maximum absolute atomic E-state index is 9.97. The van der Waals surface area contributed by atoms with E-state index in [9.17, 15) is 10.2 Å². The van der Waals surface area contributed by atoms with Gasteiger partial charge in [0.25, 0.3) is 0 Å². The molecule has 11 heavy (non-hydrogen) atoms. The molecular formula is C9H18O2. The molecule has 2 N–H and O–H groups in total. The van der Waals surface area contributed by atoms with Crippen LogP contribution in [-0.4, -0.2) is 21.4 Å². The minimum absolute atomic E-state index is 0.664. The van der Waals surface area contributed by atoms with Crippen molar-refractivity contribution in [2.24, 2.45) is 0 Å². The first kappa shape index (κ1) is 9.01. The van der Waals surface area contributed by atoms with Crippen LogP contribution in [0.1, 0.15) is 46.0 Å². The maximum atomic E-state index is 9.97. The highest BCUT2D eigenvalue weighted by atomic mass is 16.4. The van der Waals surface area contributed by atoms with Crippen molar-refractivity contribution in [3.05, 3.63) is 0 Å². The van der Waals surface area contributed by atoms with E-state index in [1.807, 2.05) is 13.8 Å². The summed E-state index contributed by atoms with van der Waals surface area (Å²) < 4.78 is 0. The zero-order chi connectivity index (χ0) is 8.54. The zero-order valence-corrected chi connectivity index (χ0v) is 7.43. The standard InChI is InChI=1S/C9H18O2/c1-3-8(10)6-5-7-9(8,11)4-2/h10-11H,3-7H2,1-2H3/t8-,9+. The molecule has 0 aromatic carbocycles. The van der Waals surface area contributed by atoms with Gasteiger partial charge in [0, 0.05) is 0 Å². The largest absolute Gasteiger partial charge is 0.387 e. The molecule has 0 aromatic heterocycles. The lowest BCUT2D eigenvalue weighted by atomic mass is 9.82. The van der Waals surface area contributed by atoms with Crippen LogP contribution >= 0.6 is 0 Å². The molecule has 1 aliphatic rings. The van der Waals surface area contributed by atoms with E-state index in [1.54, 1.807) is 0 Å². The molecule has 2 heteroatoms. The normalized spacial score (nSPS) is 44.7. The Labute approximate surface area is 68.2 Å². The van der Waals surface area contributed by atoms with Gasteiger partial charge in [0.05, 0.1) is 11.2 Å². The second-order valence-electron chi connectivity index (χ2n) is 3.62. The Balaban J connectivity index is 2.79. The van der Waals surface area contributed by atoms with Crippen LogP contribution in [-0.2, 0) is 0 Å². The average molecular weight is 158 g/mol. The molecule has 0 saturated heterocycles. The summed E-state index contributed by atoms with van der Waals surface area (Å²) in [6.07, 6.45) is 3.80. The first-order chi connectivity index (χ1) is 5.08. The Kier molecular flexibility index (Phi) is 2.26. The molecule has 0 unspecified atom stereocenters. The van der Waals surface area contributed by atoms with Gasteiger partial charge < -0.3 is 10.2 Å². The third kappa shape index (κ3) is 1.18. The van der Waals surface area contributed by atoms with Gasteiger partial charge in [0.1, 0.15) is 0 Å². The van der Waals surface area contributed by atoms with Crippen molar-refractivity contribution in [1.29, 1.82) is 0 Å². The number of hydrogen-bond acceptors (Lipinski definition) is 2. The minimum Gasteiger partial charge on any atom is -0.387 e. The Morgan fingerprint density at radius 3 is 1.64 bits per heavy atom. The van der Waals surface area contributed by atoms with E-state index in [2.05, 4.69) is 0 Å². The highest BCUT2D eigenvalue weighted by molar-refractivity contribution is 5.03. The van der Waals surface area contributed by atoms with Gasteiger partial charge in [-0.1, -0.05) is 13.8 Å². The fourth-order valence-corrected chi connectivity index (χ4v) is 2.15. The molecule has 1 rings (SSSR count). The van der Waals surface area contributed by atoms with Crippen molar-refractivity contribution in [1.82, 2.24) is 0 Å². The monoisotopic (exact) mass is 158 g/mol. The van der Waals surface area contributed by atoms with Gasteiger partial charge in [0.15, 0.2) is 0 Å². The van der Waals surface area contributed by atoms with Crippen molar-refractivity contribution in [2.45, 2.75) is 57.2 Å². The smallest absolute Gasteiger partial charge is 0.0930 e. The maximum Gasteiger partial charge on any atom is 0.0930 e. The fraction of sp³-hybridized carbons (Fsp3) is 1.00. The number of aliphatic hydroxyl groups is 2. The SMILES string of the molecule is CC[C@@]1(O)CCC[C@@]1(O)CC. The summed E-state index contributed by atoms with van der Waals surface area (Å²) in [6.45, 7) is 3.87. The summed E-state index contributed by atoms with van der Waals surface area (Å²) in [5.74, 6) is 0. The molecule has 0 aliphatic heterocycles. The van der Waals surface area contributed by atoms with Crippen molar-refractivity contribution in [2.75, 3.05) is 0 Å². The van der Waals surface area contributed by atoms with Crippen LogP contribution < -0.4 is 0 Å². The molecule has 0 amide bonds. The molecule has 1 fully saturated rings. The van der Waals surface area contributed by atoms with E-state index >= 15 is 0 Å². The number of hydrogen-bond donors (Lipinski definition) is 2. The van der Waals surface area contributed by atoms with Crippen LogP contribution in [0, 0.1) is 0 Å². The summed E-state index contributed by atoms with van der Waals surface area (Å²) in [5, 5.41) is 19.9. The van der Waals surface area contributed by atoms with E-state index in [0.29, 0.717) is 12.8 Å². The molecule has 0 aromatic rings. The first-order valence-corrected chi connectivity index (χ1v) is 4.53. The van der Waals surface area contributed by atoms with Crippen molar-refractivity contribution >= 4 is 0 Å². The van der Waals surface area contributed by atoms with Gasteiger partial charge in [-0.05, 0) is 32.1 Å². The number of rotatable bonds is 2. The quantitative estimate of drug-likeness (QED) is 0.638. The molecule has 0 bridgehead atoms. The second kappa shape index (κ2) is 2.76. The molecule has 1 saturated carbocycles. The lowest BCUT2D eigenvalue weighted by molar-refractivity contribution is -0.133. The molecular weight excluding hydrogens is 140 g/mol. The molecule has 0 radical (unpaired) electrons. The summed E-state index contributed by atoms with van der Waals surface area (Å²) in [6, 6.07) is 0. The van der Waals surface area contributed by atoms with Gasteiger partial charge >= 0.3 is 0 Å². The lowest BCUT2D eigenvalue weighted by Gasteiger charge is -2.36. The van der Waals surface area contributed by atoms with E-state index in [4.69, 9.17) is 0 Å². The zero-order valence-electron chi connectivity index (χ0n) is 7.43. The van der Waals surface area contributed by atoms with Crippen LogP contribution in [0.4, 0.5) is 0 Å². The van der Waals surface area contributed by atoms with Gasteiger partial charge in [-0.2, -0.15) is 0 Å². The molecule has 0 spiro atoms. The summed E-state index contributed by atoms with van der Waals surface area (Å²) in [5.41, 5.74) is -1.61. The second-order valence-corrected chi connectivity index (χ2v) is 3.62. The van der Waals surface area contributed by atoms with E-state index in [1.165, 1.54) is 0 Å². The third-order valence-corrected chi connectivity index (χ3v) is 3.22. The summed E-state index contributed by atoms with van der Waals surface area (Å²) in [7, 11) is 0. The van der Waals surface area contributed by atoms with E-state index in [0.717, 1.165) is 19.3 Å². The van der Waals surface area contributed by atoms with Crippen molar-refractivity contribution in [3.63, 3.8) is 0 Å². The molecule has 66 valence electrons.